The zero-order valence-electron chi connectivity index (χ0n) is 34.0. The van der Waals surface area contributed by atoms with Crippen LogP contribution in [0.25, 0.3) is 22.3 Å². The molecule has 2 saturated heterocycles. The second-order valence-corrected chi connectivity index (χ2v) is 25.6. The van der Waals surface area contributed by atoms with Gasteiger partial charge in [0, 0.05) is 52.2 Å². The third-order valence-electron chi connectivity index (χ3n) is 10.4. The Morgan fingerprint density at radius 1 is 0.929 bits per heavy atom. The van der Waals surface area contributed by atoms with Gasteiger partial charge in [-0.3, -0.25) is 4.79 Å². The van der Waals surface area contributed by atoms with E-state index < -0.39 is 35.0 Å². The summed E-state index contributed by atoms with van der Waals surface area (Å²) in [5.41, 5.74) is 3.68. The molecule has 13 nitrogen and oxygen atoms in total. The summed E-state index contributed by atoms with van der Waals surface area (Å²) in [7, 11) is -4.36. The Bertz CT molecular complexity index is 2150. The van der Waals surface area contributed by atoms with Crippen molar-refractivity contribution in [1.29, 1.82) is 0 Å². The fraction of sp³-hybridized carbons (Fsp3) is 0.512. The van der Waals surface area contributed by atoms with Crippen molar-refractivity contribution in [1.82, 2.24) is 19.9 Å². The minimum absolute atomic E-state index is 0.0256. The number of carbonyl (C=O) groups is 2. The summed E-state index contributed by atoms with van der Waals surface area (Å²) in [5, 5.41) is 6.95. The average Bonchev–Trinajstić information content (AvgIpc) is 3.74. The summed E-state index contributed by atoms with van der Waals surface area (Å²) in [5.74, 6) is 0.760. The van der Waals surface area contributed by atoms with Crippen molar-refractivity contribution in [3.05, 3.63) is 66.5 Å². The molecule has 2 fully saturated rings. The molecule has 0 unspecified atom stereocenters. The van der Waals surface area contributed by atoms with E-state index in [0.717, 1.165) is 52.6 Å². The minimum atomic E-state index is -3.06. The lowest BCUT2D eigenvalue weighted by molar-refractivity contribution is -0.120. The molecule has 2 N–H and O–H groups in total. The second-order valence-electron chi connectivity index (χ2n) is 17.7. The molecule has 2 aliphatic heterocycles. The van der Waals surface area contributed by atoms with E-state index in [1.54, 1.807) is 0 Å². The molecule has 4 heterocycles. The highest BCUT2D eigenvalue weighted by molar-refractivity contribution is 7.91. The predicted molar refractivity (Wildman–Crippen MR) is 226 cm³/mol. The van der Waals surface area contributed by atoms with E-state index in [4.69, 9.17) is 9.47 Å². The van der Waals surface area contributed by atoms with Crippen molar-refractivity contribution in [3.63, 3.8) is 0 Å². The smallest absolute Gasteiger partial charge is 0.407 e. The molecule has 6 rings (SSSR count). The Morgan fingerprint density at radius 3 is 2.32 bits per heavy atom. The molecule has 0 radical (unpaired) electrons. The number of alkyl carbamates (subject to hydrolysis) is 1. The number of nitrogens with one attached hydrogen (secondary N) is 2. The van der Waals surface area contributed by atoms with Crippen LogP contribution < -0.4 is 20.4 Å². The molecule has 0 saturated carbocycles. The topological polar surface area (TPSA) is 148 Å². The summed E-state index contributed by atoms with van der Waals surface area (Å²) in [6.45, 7) is 19.5. The first-order valence-corrected chi connectivity index (χ1v) is 25.0. The van der Waals surface area contributed by atoms with E-state index >= 15 is 0 Å². The molecule has 56 heavy (non-hydrogen) atoms. The van der Waals surface area contributed by atoms with Crippen LogP contribution in [0.15, 0.2) is 60.9 Å². The van der Waals surface area contributed by atoms with Crippen LogP contribution in [0, 0.1) is 0 Å². The Morgan fingerprint density at radius 2 is 1.64 bits per heavy atom. The Hall–Kier alpha value is -4.47. The zero-order chi connectivity index (χ0) is 40.5. The van der Waals surface area contributed by atoms with Crippen LogP contribution in [0.1, 0.15) is 46.6 Å². The maximum absolute atomic E-state index is 13.9. The molecule has 2 aromatic heterocycles. The standard InChI is InChI=1S/C41H57N7O6SSi/c1-40(2,3)54-39(50)45-32-16-17-47(26-32)33-11-9-10-30(24-33)41(4,5)38(49)44-31-14-12-29(13-15-31)35-25-34-36(46-18-21-55(51,52)22-19-46)42-27-43-37(34)48(35)28-53-20-23-56(6,7)8/h9-15,24-25,27,32H,16-23,26,28H2,1-8H3,(H,44,49)(H,45,50)/t32-/m0/s1. The monoisotopic (exact) mass is 803 g/mol. The molecule has 0 bridgehead atoms. The van der Waals surface area contributed by atoms with Crippen LogP contribution >= 0.6 is 0 Å². The SMILES string of the molecule is CC(C)(C)OC(=O)N[C@H]1CCN(c2cccc(C(C)(C)C(=O)Nc3ccc(-c4cc5c(N6CCS(=O)(=O)CC6)ncnc5n4COCC[Si](C)(C)C)cc3)c2)C1. The molecule has 2 amide bonds. The van der Waals surface area contributed by atoms with Gasteiger partial charge in [-0.25, -0.2) is 23.2 Å². The molecule has 15 heteroatoms. The van der Waals surface area contributed by atoms with Crippen molar-refractivity contribution in [2.45, 2.75) is 90.5 Å². The van der Waals surface area contributed by atoms with Crippen molar-refractivity contribution in [3.8, 4) is 11.3 Å². The predicted octanol–water partition coefficient (Wildman–Crippen LogP) is 6.67. The van der Waals surface area contributed by atoms with Gasteiger partial charge in [0.05, 0.1) is 34.0 Å². The Labute approximate surface area is 332 Å². The Balaban J connectivity index is 1.18. The van der Waals surface area contributed by atoms with E-state index in [1.165, 1.54) is 6.33 Å². The number of amides is 2. The molecule has 2 aromatic carbocycles. The number of rotatable bonds is 12. The lowest BCUT2D eigenvalue weighted by Gasteiger charge is -2.28. The van der Waals surface area contributed by atoms with Crippen molar-refractivity contribution < 1.29 is 27.5 Å². The highest BCUT2D eigenvalue weighted by Crippen LogP contribution is 2.34. The van der Waals surface area contributed by atoms with E-state index in [-0.39, 0.29) is 23.5 Å². The summed E-state index contributed by atoms with van der Waals surface area (Å²) in [4.78, 5) is 39.7. The van der Waals surface area contributed by atoms with E-state index in [1.807, 2.05) is 86.6 Å². The lowest BCUT2D eigenvalue weighted by Crippen LogP contribution is -2.40. The normalized spacial score (nSPS) is 17.6. The lowest BCUT2D eigenvalue weighted by atomic mass is 9.83. The molecule has 4 aromatic rings. The fourth-order valence-electron chi connectivity index (χ4n) is 6.95. The van der Waals surface area contributed by atoms with E-state index in [9.17, 15) is 18.0 Å². The summed E-state index contributed by atoms with van der Waals surface area (Å²) in [6, 6.07) is 18.9. The van der Waals surface area contributed by atoms with Crippen molar-refractivity contribution in [2.24, 2.45) is 0 Å². The van der Waals surface area contributed by atoms with E-state index in [2.05, 4.69) is 57.3 Å². The zero-order valence-corrected chi connectivity index (χ0v) is 35.8. The number of sulfone groups is 1. The van der Waals surface area contributed by atoms with Crippen LogP contribution in [0.4, 0.5) is 22.0 Å². The van der Waals surface area contributed by atoms with Gasteiger partial charge in [-0.15, -0.1) is 0 Å². The maximum Gasteiger partial charge on any atom is 0.407 e. The first-order valence-electron chi connectivity index (χ1n) is 19.4. The first kappa shape index (κ1) is 41.2. The summed E-state index contributed by atoms with van der Waals surface area (Å²) in [6.07, 6.45) is 1.92. The van der Waals surface area contributed by atoms with Gasteiger partial charge in [0.1, 0.15) is 30.1 Å². The molecule has 0 aliphatic carbocycles. The second kappa shape index (κ2) is 16.2. The number of anilines is 3. The van der Waals surface area contributed by atoms with Gasteiger partial charge in [0.2, 0.25) is 5.91 Å². The molecular formula is C41H57N7O6SSi. The fourth-order valence-corrected chi connectivity index (χ4v) is 8.91. The molecule has 0 spiro atoms. The number of hydrogen-bond donors (Lipinski definition) is 2. The summed E-state index contributed by atoms with van der Waals surface area (Å²) >= 11 is 0. The van der Waals surface area contributed by atoms with Gasteiger partial charge in [-0.1, -0.05) is 43.9 Å². The number of aromatic nitrogens is 3. The number of ether oxygens (including phenoxy) is 2. The highest BCUT2D eigenvalue weighted by Gasteiger charge is 2.32. The number of nitrogens with zero attached hydrogens (tertiary/aromatic N) is 5. The van der Waals surface area contributed by atoms with Gasteiger partial charge in [-0.2, -0.15) is 0 Å². The largest absolute Gasteiger partial charge is 0.444 e. The van der Waals surface area contributed by atoms with E-state index in [0.29, 0.717) is 44.5 Å². The number of hydrogen-bond acceptors (Lipinski definition) is 10. The first-order chi connectivity index (χ1) is 26.3. The van der Waals surface area contributed by atoms with Gasteiger partial charge in [-0.05, 0) is 88.5 Å². The van der Waals surface area contributed by atoms with Crippen LogP contribution in [0.3, 0.4) is 0 Å². The third kappa shape index (κ3) is 10.1. The van der Waals surface area contributed by atoms with Crippen LogP contribution in [-0.2, 0) is 36.3 Å². The van der Waals surface area contributed by atoms with Gasteiger partial charge >= 0.3 is 6.09 Å². The number of carbonyl (C=O) groups excluding carboxylic acids is 2. The van der Waals surface area contributed by atoms with Crippen molar-refractivity contribution >= 4 is 58.1 Å². The quantitative estimate of drug-likeness (QED) is 0.118. The van der Waals surface area contributed by atoms with Gasteiger partial charge < -0.3 is 34.5 Å². The minimum Gasteiger partial charge on any atom is -0.444 e. The molecule has 302 valence electrons. The third-order valence-corrected chi connectivity index (χ3v) is 13.7. The average molecular weight is 804 g/mol. The van der Waals surface area contributed by atoms with Crippen molar-refractivity contribution in [2.75, 3.05) is 59.4 Å². The maximum atomic E-state index is 13.9. The molecule has 1 atom stereocenters. The number of benzene rings is 2. The van der Waals surface area contributed by atoms with Crippen LogP contribution in [-0.4, -0.2) is 99.0 Å². The van der Waals surface area contributed by atoms with Gasteiger partial charge in [0.25, 0.3) is 0 Å². The summed E-state index contributed by atoms with van der Waals surface area (Å²) < 4.78 is 38.1. The Kier molecular flexibility index (Phi) is 11.9. The number of fused-ring (bicyclic) bond motifs is 1. The highest BCUT2D eigenvalue weighted by atomic mass is 32.2. The molecule has 2 aliphatic rings. The van der Waals surface area contributed by atoms with Crippen LogP contribution in [0.5, 0.6) is 0 Å². The van der Waals surface area contributed by atoms with Gasteiger partial charge in [0.15, 0.2) is 9.84 Å². The van der Waals surface area contributed by atoms with Crippen LogP contribution in [0.2, 0.25) is 25.7 Å². The molecular weight excluding hydrogens is 747 g/mol.